The molecule has 1 amide bonds. The largest absolute Gasteiger partial charge is 0.480 e. The van der Waals surface area contributed by atoms with E-state index in [1.165, 1.54) is 25.7 Å². The lowest BCUT2D eigenvalue weighted by Gasteiger charge is -2.18. The van der Waals surface area contributed by atoms with Gasteiger partial charge < -0.3 is 25.2 Å². The molecule has 0 rings (SSSR count). The van der Waals surface area contributed by atoms with E-state index in [1.54, 1.807) is 0 Å². The average molecular weight is 662 g/mol. The predicted octanol–water partition coefficient (Wildman–Crippen LogP) is 7.16. The van der Waals surface area contributed by atoms with E-state index in [0.717, 1.165) is 70.6 Å². The van der Waals surface area contributed by atoms with E-state index in [9.17, 15) is 34.1 Å². The Labute approximate surface area is 270 Å². The molecular weight excluding hydrogens is 601 g/mol. The standard InChI is InChI=1S/C33H60NO10P/c1-3-5-7-9-10-11-12-13-14-15-16-17-18-19-21-22-24-31(36)34-30(33(38)39)28-44-45(40,41)43-27-29(35)26-42-32(37)25-23-20-8-6-4-2/h11-12,14-15,29-30,35H,3-10,13,16-28H2,1-2H3,(H,34,36)(H,38,39)(H,40,41)/b12-11-,15-14-. The first kappa shape index (κ1) is 43.0. The van der Waals surface area contributed by atoms with E-state index in [0.29, 0.717) is 12.8 Å². The molecule has 0 fully saturated rings. The van der Waals surface area contributed by atoms with Crippen LogP contribution in [0.15, 0.2) is 24.3 Å². The highest BCUT2D eigenvalue weighted by Gasteiger charge is 2.28. The third-order valence-electron chi connectivity index (χ3n) is 6.99. The normalized spacial score (nSPS) is 14.4. The summed E-state index contributed by atoms with van der Waals surface area (Å²) in [6, 6.07) is -1.55. The van der Waals surface area contributed by atoms with Gasteiger partial charge in [0.25, 0.3) is 0 Å². The summed E-state index contributed by atoms with van der Waals surface area (Å²) in [6.07, 6.45) is 25.5. The second kappa shape index (κ2) is 29.4. The quantitative estimate of drug-likeness (QED) is 0.0259. The van der Waals surface area contributed by atoms with Crippen molar-refractivity contribution in [3.8, 4) is 0 Å². The first-order valence-corrected chi connectivity index (χ1v) is 18.4. The summed E-state index contributed by atoms with van der Waals surface area (Å²) in [6.45, 7) is 2.41. The SMILES string of the molecule is CCCCCC/C=C\C/C=C\CCCCCCCC(=O)NC(COP(=O)(O)OCC(O)COC(=O)CCCCCCC)C(=O)O. The number of hydrogen-bond donors (Lipinski definition) is 4. The lowest BCUT2D eigenvalue weighted by Crippen LogP contribution is -2.43. The lowest BCUT2D eigenvalue weighted by atomic mass is 10.1. The van der Waals surface area contributed by atoms with Crippen molar-refractivity contribution in [3.05, 3.63) is 24.3 Å². The summed E-state index contributed by atoms with van der Waals surface area (Å²) in [7, 11) is -4.74. The minimum atomic E-state index is -4.74. The third-order valence-corrected chi connectivity index (χ3v) is 7.94. The summed E-state index contributed by atoms with van der Waals surface area (Å²) < 4.78 is 26.4. The highest BCUT2D eigenvalue weighted by atomic mass is 31.2. The summed E-state index contributed by atoms with van der Waals surface area (Å²) in [5.41, 5.74) is 0. The van der Waals surface area contributed by atoms with Crippen molar-refractivity contribution < 1.29 is 47.8 Å². The molecule has 0 aromatic rings. The molecule has 0 aliphatic rings. The smallest absolute Gasteiger partial charge is 0.472 e. The summed E-state index contributed by atoms with van der Waals surface area (Å²) in [5.74, 6) is -2.41. The van der Waals surface area contributed by atoms with Crippen LogP contribution in [0.4, 0.5) is 0 Å². The molecule has 0 saturated heterocycles. The maximum atomic E-state index is 12.2. The van der Waals surface area contributed by atoms with Gasteiger partial charge in [-0.05, 0) is 44.9 Å². The molecule has 0 radical (unpaired) electrons. The number of carbonyl (C=O) groups excluding carboxylic acids is 2. The number of unbranched alkanes of at least 4 members (excludes halogenated alkanes) is 13. The Hall–Kier alpha value is -2.04. The zero-order valence-electron chi connectivity index (χ0n) is 27.7. The van der Waals surface area contributed by atoms with Crippen LogP contribution in [0.25, 0.3) is 0 Å². The maximum Gasteiger partial charge on any atom is 0.472 e. The van der Waals surface area contributed by atoms with E-state index in [4.69, 9.17) is 9.26 Å². The fourth-order valence-electron chi connectivity index (χ4n) is 4.28. The molecule has 0 spiro atoms. The molecule has 12 heteroatoms. The molecule has 4 N–H and O–H groups in total. The van der Waals surface area contributed by atoms with E-state index in [2.05, 4.69) is 48.0 Å². The van der Waals surface area contributed by atoms with Crippen molar-refractivity contribution in [3.63, 3.8) is 0 Å². The van der Waals surface area contributed by atoms with Crippen molar-refractivity contribution >= 4 is 25.7 Å². The highest BCUT2D eigenvalue weighted by Crippen LogP contribution is 2.43. The van der Waals surface area contributed by atoms with Gasteiger partial charge in [0.2, 0.25) is 5.91 Å². The number of rotatable bonds is 31. The van der Waals surface area contributed by atoms with Crippen LogP contribution in [-0.2, 0) is 32.7 Å². The van der Waals surface area contributed by atoms with Gasteiger partial charge in [-0.3, -0.25) is 18.6 Å². The predicted molar refractivity (Wildman–Crippen MR) is 176 cm³/mol. The molecule has 0 aliphatic heterocycles. The summed E-state index contributed by atoms with van der Waals surface area (Å²) >= 11 is 0. The molecule has 45 heavy (non-hydrogen) atoms. The van der Waals surface area contributed by atoms with Gasteiger partial charge in [0.1, 0.15) is 12.7 Å². The third kappa shape index (κ3) is 29.1. The van der Waals surface area contributed by atoms with Crippen LogP contribution in [0, 0.1) is 0 Å². The van der Waals surface area contributed by atoms with E-state index in [-0.39, 0.29) is 12.8 Å². The van der Waals surface area contributed by atoms with Crippen LogP contribution < -0.4 is 5.32 Å². The number of esters is 1. The van der Waals surface area contributed by atoms with Crippen LogP contribution in [0.2, 0.25) is 0 Å². The lowest BCUT2D eigenvalue weighted by molar-refractivity contribution is -0.147. The molecule has 262 valence electrons. The number of allylic oxidation sites excluding steroid dienone is 4. The number of carboxylic acid groups (broad SMARTS) is 1. The Morgan fingerprint density at radius 1 is 0.711 bits per heavy atom. The number of ether oxygens (including phenoxy) is 1. The number of carboxylic acids is 1. The van der Waals surface area contributed by atoms with Gasteiger partial charge in [-0.1, -0.05) is 102 Å². The van der Waals surface area contributed by atoms with Crippen LogP contribution in [0.1, 0.15) is 136 Å². The second-order valence-electron chi connectivity index (χ2n) is 11.4. The zero-order valence-corrected chi connectivity index (χ0v) is 28.6. The molecule has 3 unspecified atom stereocenters. The number of carbonyl (C=O) groups is 3. The molecule has 3 atom stereocenters. The number of aliphatic hydroxyl groups is 1. The Balaban J connectivity index is 4.04. The van der Waals surface area contributed by atoms with Gasteiger partial charge in [0.05, 0.1) is 13.2 Å². The zero-order chi connectivity index (χ0) is 33.6. The topological polar surface area (TPSA) is 169 Å². The monoisotopic (exact) mass is 661 g/mol. The summed E-state index contributed by atoms with van der Waals surface area (Å²) in [5, 5.41) is 21.5. The van der Waals surface area contributed by atoms with Gasteiger partial charge in [0, 0.05) is 12.8 Å². The van der Waals surface area contributed by atoms with E-state index in [1.807, 2.05) is 0 Å². The molecule has 0 aromatic heterocycles. The number of phosphoric ester groups is 1. The number of hydrogen-bond acceptors (Lipinski definition) is 8. The van der Waals surface area contributed by atoms with E-state index >= 15 is 0 Å². The number of phosphoric acid groups is 1. The minimum Gasteiger partial charge on any atom is -0.480 e. The summed E-state index contributed by atoms with van der Waals surface area (Å²) in [4.78, 5) is 45.3. The number of nitrogens with one attached hydrogen (secondary N) is 1. The second-order valence-corrected chi connectivity index (χ2v) is 12.8. The molecule has 0 aliphatic carbocycles. The number of aliphatic hydroxyl groups excluding tert-OH is 1. The van der Waals surface area contributed by atoms with Crippen LogP contribution >= 0.6 is 7.82 Å². The van der Waals surface area contributed by atoms with Gasteiger partial charge in [0.15, 0.2) is 6.04 Å². The molecule has 0 bridgehead atoms. The number of aliphatic carboxylic acids is 1. The molecular formula is C33H60NO10P. The van der Waals surface area contributed by atoms with Gasteiger partial charge in [-0.15, -0.1) is 0 Å². The first-order chi connectivity index (χ1) is 21.6. The molecule has 0 aromatic carbocycles. The molecule has 11 nitrogen and oxygen atoms in total. The Morgan fingerprint density at radius 3 is 1.82 bits per heavy atom. The first-order valence-electron chi connectivity index (χ1n) is 16.9. The van der Waals surface area contributed by atoms with Gasteiger partial charge in [-0.25, -0.2) is 9.36 Å². The van der Waals surface area contributed by atoms with Gasteiger partial charge in [-0.2, -0.15) is 0 Å². The fraction of sp³-hybridized carbons (Fsp3) is 0.788. The van der Waals surface area contributed by atoms with Crippen LogP contribution in [0.5, 0.6) is 0 Å². The number of amides is 1. The van der Waals surface area contributed by atoms with Crippen molar-refractivity contribution in [2.75, 3.05) is 19.8 Å². The maximum absolute atomic E-state index is 12.2. The van der Waals surface area contributed by atoms with Crippen molar-refractivity contribution in [1.29, 1.82) is 0 Å². The van der Waals surface area contributed by atoms with Crippen molar-refractivity contribution in [2.45, 2.75) is 148 Å². The Bertz CT molecular complexity index is 880. The average Bonchev–Trinajstić information content (AvgIpc) is 3.00. The molecule has 0 saturated carbocycles. The Morgan fingerprint density at radius 2 is 1.22 bits per heavy atom. The molecule has 0 heterocycles. The van der Waals surface area contributed by atoms with Gasteiger partial charge >= 0.3 is 19.8 Å². The fourth-order valence-corrected chi connectivity index (χ4v) is 5.06. The van der Waals surface area contributed by atoms with Crippen LogP contribution in [-0.4, -0.2) is 64.9 Å². The minimum absolute atomic E-state index is 0.130. The van der Waals surface area contributed by atoms with E-state index < -0.39 is 57.6 Å². The van der Waals surface area contributed by atoms with Crippen LogP contribution in [0.3, 0.4) is 0 Å². The highest BCUT2D eigenvalue weighted by molar-refractivity contribution is 7.47. The van der Waals surface area contributed by atoms with Crippen molar-refractivity contribution in [1.82, 2.24) is 5.32 Å². The van der Waals surface area contributed by atoms with Crippen molar-refractivity contribution in [2.24, 2.45) is 0 Å². The Kier molecular flexibility index (Phi) is 28.0.